The molecule has 0 aromatic heterocycles. The maximum atomic E-state index is 13.1. The Balaban J connectivity index is 1.38. The van der Waals surface area contributed by atoms with Crippen molar-refractivity contribution in [3.05, 3.63) is 65.0 Å². The molecule has 0 unspecified atom stereocenters. The molecule has 2 atom stereocenters. The number of rotatable bonds is 3. The molecule has 2 aromatic rings. The van der Waals surface area contributed by atoms with Crippen LogP contribution in [0.15, 0.2) is 30.3 Å². The molecule has 2 aromatic carbocycles. The van der Waals surface area contributed by atoms with Gasteiger partial charge in [0.1, 0.15) is 11.4 Å². The summed E-state index contributed by atoms with van der Waals surface area (Å²) in [6, 6.07) is 12.1. The SMILES string of the molecule is Cc1c#cc(C(F)(F)F)cc1N1CCN(C(=O)[C@H]2C[C@H]2c2ccc(F)cc2)CC1. The summed E-state index contributed by atoms with van der Waals surface area (Å²) in [5.74, 6) is -0.199. The summed E-state index contributed by atoms with van der Waals surface area (Å²) in [6.45, 7) is 3.57. The van der Waals surface area contributed by atoms with E-state index in [4.69, 9.17) is 0 Å². The lowest BCUT2D eigenvalue weighted by molar-refractivity contribution is -0.137. The Kier molecular flexibility index (Phi) is 4.89. The van der Waals surface area contributed by atoms with Crippen LogP contribution < -0.4 is 4.90 Å². The fourth-order valence-corrected chi connectivity index (χ4v) is 3.94. The number of carbonyl (C=O) groups excluding carboxylic acids is 1. The van der Waals surface area contributed by atoms with Crippen LogP contribution in [0.2, 0.25) is 0 Å². The third-order valence-electron chi connectivity index (χ3n) is 5.69. The maximum absolute atomic E-state index is 13.1. The van der Waals surface area contributed by atoms with Crippen molar-refractivity contribution in [2.75, 3.05) is 31.1 Å². The van der Waals surface area contributed by atoms with Crippen LogP contribution in [0.25, 0.3) is 0 Å². The van der Waals surface area contributed by atoms with Gasteiger partial charge < -0.3 is 9.80 Å². The number of anilines is 1. The normalized spacial score (nSPS) is 21.7. The summed E-state index contributed by atoms with van der Waals surface area (Å²) >= 11 is 0. The molecule has 1 heterocycles. The lowest BCUT2D eigenvalue weighted by Gasteiger charge is -2.36. The Morgan fingerprint density at radius 1 is 1.07 bits per heavy atom. The van der Waals surface area contributed by atoms with Gasteiger partial charge in [0.25, 0.3) is 0 Å². The number of amides is 1. The number of piperazine rings is 1. The number of nitrogens with zero attached hydrogens (tertiary/aromatic N) is 2. The first-order valence-electron chi connectivity index (χ1n) is 9.55. The van der Waals surface area contributed by atoms with Crippen LogP contribution in [0, 0.1) is 30.8 Å². The zero-order valence-electron chi connectivity index (χ0n) is 15.9. The predicted octanol–water partition coefficient (Wildman–Crippen LogP) is 4.21. The van der Waals surface area contributed by atoms with Crippen LogP contribution in [0.5, 0.6) is 0 Å². The molecule has 2 aliphatic rings. The Morgan fingerprint density at radius 3 is 2.34 bits per heavy atom. The number of carbonyl (C=O) groups is 1. The third kappa shape index (κ3) is 4.02. The standard InChI is InChI=1S/C22H20F4N2O/c1-14-2-5-16(22(24,25)26)12-20(14)27-8-10-28(11-9-27)21(29)19-13-18(19)15-3-6-17(23)7-4-15/h3-4,6-7,12,18-19H,8-11,13H2,1H3/t18-,19-/m0/s1. The second-order valence-electron chi connectivity index (χ2n) is 7.63. The van der Waals surface area contributed by atoms with E-state index in [0.717, 1.165) is 18.1 Å². The van der Waals surface area contributed by atoms with E-state index in [-0.39, 0.29) is 23.6 Å². The van der Waals surface area contributed by atoms with E-state index in [1.165, 1.54) is 12.1 Å². The fraction of sp³-hybridized carbons (Fsp3) is 0.409. The summed E-state index contributed by atoms with van der Waals surface area (Å²) in [5.41, 5.74) is 1.22. The first kappa shape index (κ1) is 19.6. The van der Waals surface area contributed by atoms with E-state index in [1.54, 1.807) is 24.0 Å². The summed E-state index contributed by atoms with van der Waals surface area (Å²) in [4.78, 5) is 16.4. The molecule has 3 nitrogen and oxygen atoms in total. The number of alkyl halides is 3. The van der Waals surface area contributed by atoms with Crippen molar-refractivity contribution in [3.63, 3.8) is 0 Å². The zero-order valence-corrected chi connectivity index (χ0v) is 15.9. The molecule has 0 radical (unpaired) electrons. The van der Waals surface area contributed by atoms with E-state index >= 15 is 0 Å². The van der Waals surface area contributed by atoms with Gasteiger partial charge in [-0.05, 0) is 43.0 Å². The van der Waals surface area contributed by atoms with Crippen molar-refractivity contribution >= 4 is 11.6 Å². The highest BCUT2D eigenvalue weighted by Crippen LogP contribution is 2.48. The second-order valence-corrected chi connectivity index (χ2v) is 7.63. The maximum Gasteiger partial charge on any atom is 0.424 e. The lowest BCUT2D eigenvalue weighted by Crippen LogP contribution is -2.49. The highest BCUT2D eigenvalue weighted by atomic mass is 19.4. The number of hydrogen-bond donors (Lipinski definition) is 0. The van der Waals surface area contributed by atoms with Gasteiger partial charge in [0.2, 0.25) is 5.91 Å². The van der Waals surface area contributed by atoms with Crippen molar-refractivity contribution in [1.29, 1.82) is 0 Å². The van der Waals surface area contributed by atoms with Crippen LogP contribution in [0.4, 0.5) is 23.2 Å². The zero-order chi connectivity index (χ0) is 20.8. The van der Waals surface area contributed by atoms with E-state index in [9.17, 15) is 22.4 Å². The summed E-state index contributed by atoms with van der Waals surface area (Å²) < 4.78 is 52.0. The molecular weight excluding hydrogens is 384 g/mol. The monoisotopic (exact) mass is 404 g/mol. The molecule has 0 spiro atoms. The first-order chi connectivity index (χ1) is 13.7. The van der Waals surface area contributed by atoms with Gasteiger partial charge in [-0.15, -0.1) is 0 Å². The number of benzene rings is 1. The topological polar surface area (TPSA) is 23.6 Å². The second kappa shape index (κ2) is 7.25. The molecule has 1 aliphatic heterocycles. The highest BCUT2D eigenvalue weighted by molar-refractivity contribution is 5.83. The van der Waals surface area contributed by atoms with E-state index in [1.807, 2.05) is 4.90 Å². The van der Waals surface area contributed by atoms with Crippen LogP contribution in [-0.2, 0) is 11.0 Å². The molecule has 1 saturated heterocycles. The largest absolute Gasteiger partial charge is 0.424 e. The Bertz CT molecular complexity index is 902. The quantitative estimate of drug-likeness (QED) is 0.716. The molecule has 1 aliphatic carbocycles. The van der Waals surface area contributed by atoms with E-state index < -0.39 is 11.7 Å². The van der Waals surface area contributed by atoms with Gasteiger partial charge in [-0.3, -0.25) is 4.79 Å². The molecule has 0 N–H and O–H groups in total. The van der Waals surface area contributed by atoms with Crippen LogP contribution in [0.3, 0.4) is 0 Å². The molecule has 2 fully saturated rings. The van der Waals surface area contributed by atoms with Crippen molar-refractivity contribution in [2.45, 2.75) is 25.4 Å². The molecule has 0 bridgehead atoms. The van der Waals surface area contributed by atoms with Crippen molar-refractivity contribution in [3.8, 4) is 0 Å². The Hall–Kier alpha value is -2.75. The van der Waals surface area contributed by atoms with E-state index in [2.05, 4.69) is 12.1 Å². The number of halogens is 4. The smallest absolute Gasteiger partial charge is 0.367 e. The molecular formula is C22H20F4N2O. The molecule has 1 saturated carbocycles. The Labute approximate surface area is 166 Å². The van der Waals surface area contributed by atoms with Gasteiger partial charge >= 0.3 is 6.18 Å². The summed E-state index contributed by atoms with van der Waals surface area (Å²) in [7, 11) is 0. The highest BCUT2D eigenvalue weighted by Gasteiger charge is 2.46. The number of hydrogen-bond acceptors (Lipinski definition) is 2. The van der Waals surface area contributed by atoms with Crippen LogP contribution in [0.1, 0.15) is 29.0 Å². The average molecular weight is 404 g/mol. The minimum atomic E-state index is -4.46. The van der Waals surface area contributed by atoms with Crippen molar-refractivity contribution in [1.82, 2.24) is 4.90 Å². The lowest BCUT2D eigenvalue weighted by atomic mass is 10.1. The third-order valence-corrected chi connectivity index (χ3v) is 5.69. The molecule has 1 amide bonds. The van der Waals surface area contributed by atoms with E-state index in [0.29, 0.717) is 37.4 Å². The molecule has 29 heavy (non-hydrogen) atoms. The van der Waals surface area contributed by atoms with Gasteiger partial charge in [0, 0.05) is 43.3 Å². The van der Waals surface area contributed by atoms with Crippen LogP contribution in [-0.4, -0.2) is 37.0 Å². The van der Waals surface area contributed by atoms with Gasteiger partial charge in [-0.25, -0.2) is 4.39 Å². The minimum Gasteiger partial charge on any atom is -0.367 e. The molecule has 152 valence electrons. The first-order valence-corrected chi connectivity index (χ1v) is 9.55. The van der Waals surface area contributed by atoms with Gasteiger partial charge in [-0.1, -0.05) is 24.3 Å². The van der Waals surface area contributed by atoms with Gasteiger partial charge in [0.15, 0.2) is 0 Å². The minimum absolute atomic E-state index is 0.0691. The summed E-state index contributed by atoms with van der Waals surface area (Å²) in [6.07, 6.45) is -3.71. The Morgan fingerprint density at radius 2 is 1.72 bits per heavy atom. The average Bonchev–Trinajstić information content (AvgIpc) is 3.48. The molecule has 7 heteroatoms. The predicted molar refractivity (Wildman–Crippen MR) is 99.9 cm³/mol. The van der Waals surface area contributed by atoms with Crippen molar-refractivity contribution < 1.29 is 22.4 Å². The fourth-order valence-electron chi connectivity index (χ4n) is 3.94. The van der Waals surface area contributed by atoms with Crippen molar-refractivity contribution in [2.24, 2.45) is 5.92 Å². The summed E-state index contributed by atoms with van der Waals surface area (Å²) in [5, 5.41) is 0. The van der Waals surface area contributed by atoms with Gasteiger partial charge in [-0.2, -0.15) is 13.2 Å². The van der Waals surface area contributed by atoms with Gasteiger partial charge in [0.05, 0.1) is 0 Å². The van der Waals surface area contributed by atoms with Crippen LogP contribution >= 0.6 is 0 Å². The molecule has 4 rings (SSSR count).